The van der Waals surface area contributed by atoms with E-state index in [0.29, 0.717) is 6.42 Å². The predicted octanol–water partition coefficient (Wildman–Crippen LogP) is 1.81. The van der Waals surface area contributed by atoms with Gasteiger partial charge in [0.2, 0.25) is 5.91 Å². The van der Waals surface area contributed by atoms with Crippen molar-refractivity contribution in [2.45, 2.75) is 65.0 Å². The van der Waals surface area contributed by atoms with E-state index < -0.39 is 5.54 Å². The highest BCUT2D eigenvalue weighted by atomic mass is 16.1. The first-order valence-electron chi connectivity index (χ1n) is 5.26. The Balaban J connectivity index is 4.06. The third-order valence-electron chi connectivity index (χ3n) is 1.97. The molecule has 0 radical (unpaired) electrons. The van der Waals surface area contributed by atoms with Gasteiger partial charge in [-0.3, -0.25) is 4.79 Å². The van der Waals surface area contributed by atoms with Crippen molar-refractivity contribution in [2.24, 2.45) is 5.73 Å². The Labute approximate surface area is 87.4 Å². The Morgan fingerprint density at radius 1 is 1.29 bits per heavy atom. The van der Waals surface area contributed by atoms with E-state index in [-0.39, 0.29) is 11.4 Å². The van der Waals surface area contributed by atoms with Gasteiger partial charge >= 0.3 is 0 Å². The third kappa shape index (κ3) is 6.89. The molecule has 0 heterocycles. The molecule has 0 aliphatic rings. The van der Waals surface area contributed by atoms with E-state index in [4.69, 9.17) is 5.73 Å². The molecule has 0 fully saturated rings. The Kier molecular flexibility index (Phi) is 4.59. The van der Waals surface area contributed by atoms with Crippen molar-refractivity contribution in [1.29, 1.82) is 0 Å². The van der Waals surface area contributed by atoms with Crippen LogP contribution in [0.15, 0.2) is 0 Å². The lowest BCUT2D eigenvalue weighted by atomic mass is 9.96. The first-order valence-corrected chi connectivity index (χ1v) is 5.26. The van der Waals surface area contributed by atoms with Gasteiger partial charge in [-0.15, -0.1) is 0 Å². The highest BCUT2D eigenvalue weighted by Crippen LogP contribution is 2.12. The molecule has 0 aliphatic heterocycles. The van der Waals surface area contributed by atoms with E-state index in [9.17, 15) is 4.79 Å². The zero-order valence-corrected chi connectivity index (χ0v) is 10.1. The summed E-state index contributed by atoms with van der Waals surface area (Å²) in [6.07, 6.45) is 2.43. The molecule has 14 heavy (non-hydrogen) atoms. The summed E-state index contributed by atoms with van der Waals surface area (Å²) in [5, 5.41) is 2.99. The van der Waals surface area contributed by atoms with Crippen LogP contribution in [0.1, 0.15) is 53.9 Å². The molecule has 1 amide bonds. The fourth-order valence-corrected chi connectivity index (χ4v) is 1.52. The molecule has 3 heteroatoms. The Morgan fingerprint density at radius 2 is 1.79 bits per heavy atom. The maximum Gasteiger partial charge on any atom is 0.222 e. The van der Waals surface area contributed by atoms with Gasteiger partial charge in [0, 0.05) is 17.5 Å². The quantitative estimate of drug-likeness (QED) is 0.711. The van der Waals surface area contributed by atoms with Gasteiger partial charge in [0.15, 0.2) is 0 Å². The lowest BCUT2D eigenvalue weighted by Crippen LogP contribution is -2.47. The van der Waals surface area contributed by atoms with Gasteiger partial charge in [-0.1, -0.05) is 13.3 Å². The molecule has 0 saturated heterocycles. The maximum atomic E-state index is 11.6. The number of hydrogen-bond donors (Lipinski definition) is 2. The number of nitrogens with one attached hydrogen (secondary N) is 1. The van der Waals surface area contributed by atoms with E-state index in [1.54, 1.807) is 0 Å². The Bertz CT molecular complexity index is 192. The third-order valence-corrected chi connectivity index (χ3v) is 1.97. The van der Waals surface area contributed by atoms with Crippen molar-refractivity contribution >= 4 is 5.91 Å². The Morgan fingerprint density at radius 3 is 2.14 bits per heavy atom. The number of amides is 1. The minimum absolute atomic E-state index is 0.0379. The fraction of sp³-hybridized carbons (Fsp3) is 0.909. The van der Waals surface area contributed by atoms with Crippen LogP contribution in [0.5, 0.6) is 0 Å². The average molecular weight is 200 g/mol. The first-order chi connectivity index (χ1) is 6.16. The standard InChI is InChI=1S/C11H24N2O/c1-6-7-11(4,5)13-9(14)8-10(2,3)12/h6-8,12H2,1-5H3,(H,13,14). The maximum absolute atomic E-state index is 11.6. The number of carbonyl (C=O) groups is 1. The molecule has 0 aromatic carbocycles. The molecule has 3 N–H and O–H groups in total. The van der Waals surface area contributed by atoms with Crippen LogP contribution in [0.2, 0.25) is 0 Å². The van der Waals surface area contributed by atoms with Gasteiger partial charge in [-0.25, -0.2) is 0 Å². The second-order valence-corrected chi connectivity index (χ2v) is 5.35. The summed E-state index contributed by atoms with van der Waals surface area (Å²) < 4.78 is 0. The molecule has 0 aromatic heterocycles. The number of nitrogens with two attached hydrogens (primary N) is 1. The molecule has 0 saturated carbocycles. The van der Waals surface area contributed by atoms with Gasteiger partial charge in [-0.05, 0) is 34.1 Å². The van der Waals surface area contributed by atoms with E-state index in [1.165, 1.54) is 0 Å². The van der Waals surface area contributed by atoms with Crippen LogP contribution in [0.4, 0.5) is 0 Å². The number of rotatable bonds is 5. The zero-order chi connectivity index (χ0) is 11.4. The second kappa shape index (κ2) is 4.78. The summed E-state index contributed by atoms with van der Waals surface area (Å²) in [4.78, 5) is 11.6. The Hall–Kier alpha value is -0.570. The SMILES string of the molecule is CCCC(C)(C)NC(=O)CC(C)(C)N. The summed E-state index contributed by atoms with van der Waals surface area (Å²) in [5.41, 5.74) is 5.23. The van der Waals surface area contributed by atoms with Gasteiger partial charge in [0.1, 0.15) is 0 Å². The van der Waals surface area contributed by atoms with Crippen molar-refractivity contribution in [3.05, 3.63) is 0 Å². The van der Waals surface area contributed by atoms with E-state index in [1.807, 2.05) is 27.7 Å². The highest BCUT2D eigenvalue weighted by molar-refractivity contribution is 5.77. The van der Waals surface area contributed by atoms with Gasteiger partial charge in [0.05, 0.1) is 0 Å². The van der Waals surface area contributed by atoms with E-state index >= 15 is 0 Å². The van der Waals surface area contributed by atoms with Crippen LogP contribution in [-0.2, 0) is 4.79 Å². The molecule has 0 atom stereocenters. The van der Waals surface area contributed by atoms with Crippen LogP contribution in [0.3, 0.4) is 0 Å². The topological polar surface area (TPSA) is 55.1 Å². The fourth-order valence-electron chi connectivity index (χ4n) is 1.52. The number of hydrogen-bond acceptors (Lipinski definition) is 2. The van der Waals surface area contributed by atoms with Crippen LogP contribution >= 0.6 is 0 Å². The summed E-state index contributed by atoms with van der Waals surface area (Å²) in [5.74, 6) is 0.0379. The van der Waals surface area contributed by atoms with Crippen molar-refractivity contribution in [2.75, 3.05) is 0 Å². The van der Waals surface area contributed by atoms with Crippen LogP contribution in [-0.4, -0.2) is 17.0 Å². The van der Waals surface area contributed by atoms with E-state index in [0.717, 1.165) is 12.8 Å². The minimum atomic E-state index is -0.424. The van der Waals surface area contributed by atoms with Gasteiger partial charge in [0.25, 0.3) is 0 Å². The van der Waals surface area contributed by atoms with Gasteiger partial charge in [-0.2, -0.15) is 0 Å². The summed E-state index contributed by atoms with van der Waals surface area (Å²) >= 11 is 0. The minimum Gasteiger partial charge on any atom is -0.351 e. The average Bonchev–Trinajstić information content (AvgIpc) is 1.78. The summed E-state index contributed by atoms with van der Waals surface area (Å²) in [6, 6.07) is 0. The molecule has 0 aliphatic carbocycles. The molecule has 0 unspecified atom stereocenters. The molecule has 84 valence electrons. The first kappa shape index (κ1) is 13.4. The summed E-state index contributed by atoms with van der Waals surface area (Å²) in [6.45, 7) is 9.91. The highest BCUT2D eigenvalue weighted by Gasteiger charge is 2.22. The zero-order valence-electron chi connectivity index (χ0n) is 10.1. The number of carbonyl (C=O) groups excluding carboxylic acids is 1. The van der Waals surface area contributed by atoms with Crippen LogP contribution in [0, 0.1) is 0 Å². The predicted molar refractivity (Wildman–Crippen MR) is 60.0 cm³/mol. The van der Waals surface area contributed by atoms with Crippen LogP contribution in [0.25, 0.3) is 0 Å². The lowest BCUT2D eigenvalue weighted by Gasteiger charge is -2.28. The smallest absolute Gasteiger partial charge is 0.222 e. The van der Waals surface area contributed by atoms with Crippen molar-refractivity contribution in [1.82, 2.24) is 5.32 Å². The van der Waals surface area contributed by atoms with Crippen LogP contribution < -0.4 is 11.1 Å². The normalized spacial score (nSPS) is 12.7. The molecule has 0 spiro atoms. The largest absolute Gasteiger partial charge is 0.351 e. The molecule has 3 nitrogen and oxygen atoms in total. The van der Waals surface area contributed by atoms with Crippen molar-refractivity contribution < 1.29 is 4.79 Å². The van der Waals surface area contributed by atoms with Gasteiger partial charge < -0.3 is 11.1 Å². The molecular weight excluding hydrogens is 176 g/mol. The van der Waals surface area contributed by atoms with E-state index in [2.05, 4.69) is 12.2 Å². The molecule has 0 bridgehead atoms. The monoisotopic (exact) mass is 200 g/mol. The lowest BCUT2D eigenvalue weighted by molar-refractivity contribution is -0.123. The molecule has 0 rings (SSSR count). The molecular formula is C11H24N2O. The van der Waals surface area contributed by atoms with Crippen molar-refractivity contribution in [3.63, 3.8) is 0 Å². The summed E-state index contributed by atoms with van der Waals surface area (Å²) in [7, 11) is 0. The molecule has 0 aromatic rings. The van der Waals surface area contributed by atoms with Crippen molar-refractivity contribution in [3.8, 4) is 0 Å². The second-order valence-electron chi connectivity index (χ2n) is 5.35.